The molecule has 0 amide bonds. The van der Waals surface area contributed by atoms with Gasteiger partial charge in [-0.25, -0.2) is 0 Å². The Balaban J connectivity index is 0.00000200. The number of nitrogens with zero attached hydrogens (tertiary/aromatic N) is 1. The predicted molar refractivity (Wildman–Crippen MR) is 101 cm³/mol. The molecule has 5 heteroatoms. The molecule has 1 saturated heterocycles. The average Bonchev–Trinajstić information content (AvgIpc) is 2.85. The number of aliphatic imine (C=N–C) groups is 1. The molecular weight excluding hydrogens is 381 g/mol. The molecule has 0 radical (unpaired) electrons. The Kier molecular flexibility index (Phi) is 8.63. The molecule has 2 fully saturated rings. The highest BCUT2D eigenvalue weighted by Gasteiger charge is 2.28. The molecule has 20 heavy (non-hydrogen) atoms. The van der Waals surface area contributed by atoms with Crippen molar-refractivity contribution < 1.29 is 0 Å². The Morgan fingerprint density at radius 3 is 2.65 bits per heavy atom. The first-order chi connectivity index (χ1) is 9.22. The molecular formula is C15H30IN3S. The van der Waals surface area contributed by atoms with Gasteiger partial charge in [-0.3, -0.25) is 4.99 Å². The van der Waals surface area contributed by atoms with Crippen LogP contribution in [0.5, 0.6) is 0 Å². The third-order valence-electron chi connectivity index (χ3n) is 4.27. The lowest BCUT2D eigenvalue weighted by Crippen LogP contribution is -2.46. The molecule has 1 aliphatic carbocycles. The number of hydrogen-bond acceptors (Lipinski definition) is 2. The zero-order valence-electron chi connectivity index (χ0n) is 12.9. The molecule has 0 aromatic rings. The van der Waals surface area contributed by atoms with Gasteiger partial charge in [0.05, 0.1) is 0 Å². The van der Waals surface area contributed by atoms with Crippen LogP contribution < -0.4 is 10.6 Å². The molecule has 2 rings (SSSR count). The molecule has 0 aromatic carbocycles. The van der Waals surface area contributed by atoms with Crippen molar-refractivity contribution in [2.75, 3.05) is 24.6 Å². The summed E-state index contributed by atoms with van der Waals surface area (Å²) in [4.78, 5) is 4.85. The van der Waals surface area contributed by atoms with Crippen LogP contribution in [0, 0.1) is 5.41 Å². The van der Waals surface area contributed by atoms with Gasteiger partial charge in [0.15, 0.2) is 5.96 Å². The summed E-state index contributed by atoms with van der Waals surface area (Å²) in [7, 11) is 0. The van der Waals surface area contributed by atoms with Crippen molar-refractivity contribution in [3.63, 3.8) is 0 Å². The van der Waals surface area contributed by atoms with Crippen LogP contribution in [0.25, 0.3) is 0 Å². The summed E-state index contributed by atoms with van der Waals surface area (Å²) in [6.07, 6.45) is 8.07. The third-order valence-corrected chi connectivity index (χ3v) is 5.49. The van der Waals surface area contributed by atoms with Crippen LogP contribution in [0.3, 0.4) is 0 Å². The van der Waals surface area contributed by atoms with Gasteiger partial charge in [-0.1, -0.05) is 19.8 Å². The molecule has 1 saturated carbocycles. The fourth-order valence-corrected chi connectivity index (χ4v) is 4.10. The van der Waals surface area contributed by atoms with Crippen molar-refractivity contribution in [1.82, 2.24) is 10.6 Å². The summed E-state index contributed by atoms with van der Waals surface area (Å²) in [6, 6.07) is 0.605. The van der Waals surface area contributed by atoms with Crippen LogP contribution in [0.4, 0.5) is 0 Å². The Morgan fingerprint density at radius 1 is 1.30 bits per heavy atom. The zero-order valence-corrected chi connectivity index (χ0v) is 16.1. The summed E-state index contributed by atoms with van der Waals surface area (Å²) in [5, 5.41) is 7.02. The summed E-state index contributed by atoms with van der Waals surface area (Å²) in [5.41, 5.74) is 0.448. The fraction of sp³-hybridized carbons (Fsp3) is 0.933. The van der Waals surface area contributed by atoms with Gasteiger partial charge in [0.2, 0.25) is 0 Å². The van der Waals surface area contributed by atoms with Crippen molar-refractivity contribution in [2.24, 2.45) is 10.4 Å². The minimum Gasteiger partial charge on any atom is -0.357 e. The van der Waals surface area contributed by atoms with Gasteiger partial charge in [0.1, 0.15) is 0 Å². The van der Waals surface area contributed by atoms with Gasteiger partial charge < -0.3 is 10.6 Å². The monoisotopic (exact) mass is 411 g/mol. The first-order valence-corrected chi connectivity index (χ1v) is 9.00. The normalized spacial score (nSPS) is 25.9. The molecule has 2 aliphatic rings. The van der Waals surface area contributed by atoms with Gasteiger partial charge in [-0.2, -0.15) is 11.8 Å². The van der Waals surface area contributed by atoms with E-state index in [0.29, 0.717) is 11.5 Å². The smallest absolute Gasteiger partial charge is 0.191 e. The van der Waals surface area contributed by atoms with Gasteiger partial charge in [0.25, 0.3) is 0 Å². The second kappa shape index (κ2) is 9.38. The average molecular weight is 411 g/mol. The first kappa shape index (κ1) is 18.4. The van der Waals surface area contributed by atoms with E-state index in [1.54, 1.807) is 0 Å². The minimum absolute atomic E-state index is 0. The molecule has 2 N–H and O–H groups in total. The van der Waals surface area contributed by atoms with Gasteiger partial charge in [-0.05, 0) is 43.8 Å². The predicted octanol–water partition coefficient (Wildman–Crippen LogP) is 3.64. The van der Waals surface area contributed by atoms with E-state index >= 15 is 0 Å². The van der Waals surface area contributed by atoms with Crippen molar-refractivity contribution >= 4 is 41.7 Å². The summed E-state index contributed by atoms with van der Waals surface area (Å²) in [6.45, 7) is 6.46. The highest BCUT2D eigenvalue weighted by molar-refractivity contribution is 14.0. The lowest BCUT2D eigenvalue weighted by atomic mass is 9.89. The number of thioether (sulfide) groups is 1. The molecule has 1 aliphatic heterocycles. The van der Waals surface area contributed by atoms with E-state index in [1.165, 1.54) is 50.0 Å². The number of halogens is 1. The lowest BCUT2D eigenvalue weighted by Gasteiger charge is -2.26. The Labute approximate surface area is 145 Å². The third kappa shape index (κ3) is 6.00. The van der Waals surface area contributed by atoms with Crippen LogP contribution in [-0.4, -0.2) is 36.6 Å². The van der Waals surface area contributed by atoms with Crippen LogP contribution in [-0.2, 0) is 0 Å². The SMILES string of the molecule is CCNC(=NCC1(C)CCCC1)NC1CCCSC1.I. The number of rotatable bonds is 4. The summed E-state index contributed by atoms with van der Waals surface area (Å²) in [5.74, 6) is 3.58. The summed E-state index contributed by atoms with van der Waals surface area (Å²) >= 11 is 2.06. The van der Waals surface area contributed by atoms with Crippen LogP contribution in [0.15, 0.2) is 4.99 Å². The molecule has 3 nitrogen and oxygen atoms in total. The van der Waals surface area contributed by atoms with E-state index in [0.717, 1.165) is 19.0 Å². The highest BCUT2D eigenvalue weighted by Crippen LogP contribution is 2.37. The van der Waals surface area contributed by atoms with Crippen molar-refractivity contribution in [3.8, 4) is 0 Å². The van der Waals surface area contributed by atoms with Crippen LogP contribution in [0.2, 0.25) is 0 Å². The van der Waals surface area contributed by atoms with E-state index in [9.17, 15) is 0 Å². The fourth-order valence-electron chi connectivity index (χ4n) is 3.02. The van der Waals surface area contributed by atoms with E-state index in [-0.39, 0.29) is 24.0 Å². The number of guanidine groups is 1. The second-order valence-corrected chi connectivity index (χ2v) is 7.42. The van der Waals surface area contributed by atoms with Crippen LogP contribution in [0.1, 0.15) is 52.4 Å². The van der Waals surface area contributed by atoms with Gasteiger partial charge >= 0.3 is 0 Å². The minimum atomic E-state index is 0. The molecule has 1 atom stereocenters. The van der Waals surface area contributed by atoms with E-state index in [4.69, 9.17) is 4.99 Å². The maximum Gasteiger partial charge on any atom is 0.191 e. The lowest BCUT2D eigenvalue weighted by molar-refractivity contribution is 0.350. The highest BCUT2D eigenvalue weighted by atomic mass is 127. The van der Waals surface area contributed by atoms with Crippen molar-refractivity contribution in [2.45, 2.75) is 58.4 Å². The molecule has 0 aromatic heterocycles. The largest absolute Gasteiger partial charge is 0.357 e. The molecule has 1 heterocycles. The van der Waals surface area contributed by atoms with E-state index in [1.807, 2.05) is 0 Å². The van der Waals surface area contributed by atoms with Gasteiger partial charge in [-0.15, -0.1) is 24.0 Å². The molecule has 0 spiro atoms. The summed E-state index contributed by atoms with van der Waals surface area (Å²) < 4.78 is 0. The topological polar surface area (TPSA) is 36.4 Å². The first-order valence-electron chi connectivity index (χ1n) is 7.84. The quantitative estimate of drug-likeness (QED) is 0.421. The van der Waals surface area contributed by atoms with E-state index < -0.39 is 0 Å². The standard InChI is InChI=1S/C15H29N3S.HI/c1-3-16-14(18-13-7-6-10-19-11-13)17-12-15(2)8-4-5-9-15;/h13H,3-12H2,1-2H3,(H2,16,17,18);1H. The Morgan fingerprint density at radius 2 is 2.05 bits per heavy atom. The Hall–Kier alpha value is 0.350. The molecule has 0 bridgehead atoms. The van der Waals surface area contributed by atoms with Crippen molar-refractivity contribution in [1.29, 1.82) is 0 Å². The van der Waals surface area contributed by atoms with Crippen LogP contribution >= 0.6 is 35.7 Å². The maximum atomic E-state index is 4.85. The molecule has 1 unspecified atom stereocenters. The maximum absolute atomic E-state index is 4.85. The van der Waals surface area contributed by atoms with E-state index in [2.05, 4.69) is 36.2 Å². The van der Waals surface area contributed by atoms with Crippen molar-refractivity contribution in [3.05, 3.63) is 0 Å². The number of hydrogen-bond donors (Lipinski definition) is 2. The second-order valence-electron chi connectivity index (χ2n) is 6.27. The Bertz CT molecular complexity index is 297. The van der Waals surface area contributed by atoms with Gasteiger partial charge in [0, 0.05) is 24.9 Å². The molecule has 118 valence electrons. The zero-order chi connectivity index (χ0) is 13.6. The number of nitrogens with one attached hydrogen (secondary N) is 2.